The number of amides is 1. The lowest BCUT2D eigenvalue weighted by Crippen LogP contribution is -2.18. The number of aromatic nitrogens is 1. The summed E-state index contributed by atoms with van der Waals surface area (Å²) in [6, 6.07) is 5.52. The molecular weight excluding hydrogens is 535 g/mol. The summed E-state index contributed by atoms with van der Waals surface area (Å²) in [6.07, 6.45) is -6.52. The Morgan fingerprint density at radius 2 is 1.79 bits per heavy atom. The molecule has 3 aromatic rings. The van der Waals surface area contributed by atoms with E-state index in [4.69, 9.17) is 20.0 Å². The Labute approximate surface area is 196 Å². The van der Waals surface area contributed by atoms with E-state index in [0.29, 0.717) is 0 Å². The molecule has 13 heteroatoms. The van der Waals surface area contributed by atoms with E-state index in [0.717, 1.165) is 36.4 Å². The summed E-state index contributed by atoms with van der Waals surface area (Å²) in [5.74, 6) is -5.93. The first-order chi connectivity index (χ1) is 15.9. The van der Waals surface area contributed by atoms with Crippen LogP contribution in [0.5, 0.6) is 5.75 Å². The molecule has 180 valence electrons. The van der Waals surface area contributed by atoms with Crippen molar-refractivity contribution >= 4 is 27.8 Å². The normalized spacial score (nSPS) is 12.4. The number of oxazole rings is 1. The summed E-state index contributed by atoms with van der Waals surface area (Å²) >= 11 is 3.09. The number of benzene rings is 2. The van der Waals surface area contributed by atoms with Gasteiger partial charge >= 0.3 is 12.1 Å². The minimum atomic E-state index is -4.54. The number of carboxylic acids is 1. The molecular formula is C21H14BrF5N2O5. The predicted molar refractivity (Wildman–Crippen MR) is 110 cm³/mol. The number of primary amides is 1. The molecule has 0 fully saturated rings. The van der Waals surface area contributed by atoms with Crippen molar-refractivity contribution in [2.24, 2.45) is 5.73 Å². The van der Waals surface area contributed by atoms with E-state index in [2.05, 4.69) is 20.9 Å². The Morgan fingerprint density at radius 3 is 2.35 bits per heavy atom. The Bertz CT molecular complexity index is 1230. The molecule has 0 bridgehead atoms. The molecule has 1 atom stereocenters. The molecule has 0 aliphatic heterocycles. The van der Waals surface area contributed by atoms with Crippen molar-refractivity contribution in [2.45, 2.75) is 25.1 Å². The van der Waals surface area contributed by atoms with Crippen LogP contribution in [0, 0.1) is 11.6 Å². The van der Waals surface area contributed by atoms with Gasteiger partial charge in [0.25, 0.3) is 5.91 Å². The number of carbonyl (C=O) groups is 2. The van der Waals surface area contributed by atoms with Crippen molar-refractivity contribution in [1.82, 2.24) is 4.98 Å². The summed E-state index contributed by atoms with van der Waals surface area (Å²) in [7, 11) is 0. The monoisotopic (exact) mass is 548 g/mol. The van der Waals surface area contributed by atoms with Crippen molar-refractivity contribution in [2.75, 3.05) is 0 Å². The number of halogens is 6. The molecule has 0 saturated heterocycles. The summed E-state index contributed by atoms with van der Waals surface area (Å²) < 4.78 is 77.7. The second-order valence-electron chi connectivity index (χ2n) is 6.89. The van der Waals surface area contributed by atoms with E-state index >= 15 is 0 Å². The second-order valence-corrected chi connectivity index (χ2v) is 7.61. The SMILES string of the molecule is NC(=O)c1c(F)ccc(OC(CCC(=O)O)c2nc(-c3ccc(C(F)(F)F)cc3)oc2Br)c1F. The fourth-order valence-corrected chi connectivity index (χ4v) is 3.44. The number of nitrogens with two attached hydrogens (primary N) is 1. The largest absolute Gasteiger partial charge is 0.481 e. The van der Waals surface area contributed by atoms with E-state index in [1.54, 1.807) is 0 Å². The van der Waals surface area contributed by atoms with Crippen LogP contribution in [0.3, 0.4) is 0 Å². The molecule has 0 spiro atoms. The average molecular weight is 549 g/mol. The highest BCUT2D eigenvalue weighted by molar-refractivity contribution is 9.10. The minimum Gasteiger partial charge on any atom is -0.481 e. The number of rotatable bonds is 8. The van der Waals surface area contributed by atoms with Crippen LogP contribution in [0.15, 0.2) is 45.5 Å². The van der Waals surface area contributed by atoms with Crippen LogP contribution in [0.1, 0.15) is 40.6 Å². The summed E-state index contributed by atoms with van der Waals surface area (Å²) in [5, 5.41) is 9.04. The first-order valence-corrected chi connectivity index (χ1v) is 10.2. The molecule has 3 rings (SSSR count). The maximum Gasteiger partial charge on any atom is 0.416 e. The van der Waals surface area contributed by atoms with Crippen LogP contribution in [0.25, 0.3) is 11.5 Å². The van der Waals surface area contributed by atoms with Crippen LogP contribution in [0.4, 0.5) is 22.0 Å². The Morgan fingerprint density at radius 1 is 1.15 bits per heavy atom. The highest BCUT2D eigenvalue weighted by Crippen LogP contribution is 2.37. The standard InChI is InChI=1S/C21H14BrF5N2O5/c22-18-17(29-20(34-18)9-1-3-10(4-2-9)21(25,26)27)13(7-8-14(30)31)33-12-6-5-11(23)15(16(12)24)19(28)32/h1-6,13H,7-8H2,(H2,28,32)(H,30,31). The Hall–Kier alpha value is -3.48. The zero-order chi connectivity index (χ0) is 25.2. The maximum atomic E-state index is 14.6. The van der Waals surface area contributed by atoms with Crippen LogP contribution in [-0.2, 0) is 11.0 Å². The summed E-state index contributed by atoms with van der Waals surface area (Å²) in [4.78, 5) is 26.6. The van der Waals surface area contributed by atoms with Crippen molar-refractivity contribution in [3.63, 3.8) is 0 Å². The highest BCUT2D eigenvalue weighted by Gasteiger charge is 2.31. The molecule has 7 nitrogen and oxygen atoms in total. The first-order valence-electron chi connectivity index (χ1n) is 9.38. The molecule has 1 heterocycles. The zero-order valence-corrected chi connectivity index (χ0v) is 18.4. The molecule has 2 aromatic carbocycles. The van der Waals surface area contributed by atoms with Gasteiger partial charge in [-0.1, -0.05) is 0 Å². The molecule has 0 radical (unpaired) electrons. The molecule has 1 amide bonds. The fourth-order valence-electron chi connectivity index (χ4n) is 2.95. The third-order valence-corrected chi connectivity index (χ3v) is 5.13. The van der Waals surface area contributed by atoms with Gasteiger partial charge in [-0.25, -0.2) is 13.8 Å². The van der Waals surface area contributed by atoms with E-state index < -0.39 is 59.1 Å². The van der Waals surface area contributed by atoms with Gasteiger partial charge < -0.3 is 20.0 Å². The smallest absolute Gasteiger partial charge is 0.416 e. The van der Waals surface area contributed by atoms with Gasteiger partial charge in [-0.3, -0.25) is 9.59 Å². The fraction of sp³-hybridized carbons (Fsp3) is 0.190. The predicted octanol–water partition coefficient (Wildman–Crippen LogP) is 5.48. The Kier molecular flexibility index (Phi) is 7.24. The van der Waals surface area contributed by atoms with Gasteiger partial charge in [-0.2, -0.15) is 13.2 Å². The second kappa shape index (κ2) is 9.79. The number of hydrogen-bond donors (Lipinski definition) is 2. The lowest BCUT2D eigenvalue weighted by atomic mass is 10.1. The Balaban J connectivity index is 1.98. The van der Waals surface area contributed by atoms with Crippen molar-refractivity contribution in [1.29, 1.82) is 0 Å². The number of carboxylic acid groups (broad SMARTS) is 1. The van der Waals surface area contributed by atoms with Gasteiger partial charge in [0.2, 0.25) is 5.89 Å². The lowest BCUT2D eigenvalue weighted by Gasteiger charge is -2.18. The molecule has 1 unspecified atom stereocenters. The number of ether oxygens (including phenoxy) is 1. The molecule has 3 N–H and O–H groups in total. The van der Waals surface area contributed by atoms with Crippen LogP contribution >= 0.6 is 15.9 Å². The van der Waals surface area contributed by atoms with Crippen LogP contribution < -0.4 is 10.5 Å². The number of carbonyl (C=O) groups excluding carboxylic acids is 1. The quantitative estimate of drug-likeness (QED) is 0.360. The van der Waals surface area contributed by atoms with E-state index in [1.807, 2.05) is 0 Å². The van der Waals surface area contributed by atoms with Gasteiger partial charge in [0.15, 0.2) is 16.2 Å². The maximum absolute atomic E-state index is 14.6. The topological polar surface area (TPSA) is 116 Å². The van der Waals surface area contributed by atoms with E-state index in [1.165, 1.54) is 0 Å². The molecule has 1 aromatic heterocycles. The zero-order valence-electron chi connectivity index (χ0n) is 16.8. The van der Waals surface area contributed by atoms with E-state index in [9.17, 15) is 31.5 Å². The highest BCUT2D eigenvalue weighted by atomic mass is 79.9. The third kappa shape index (κ3) is 5.53. The van der Waals surface area contributed by atoms with Crippen LogP contribution in [0.2, 0.25) is 0 Å². The lowest BCUT2D eigenvalue weighted by molar-refractivity contribution is -0.138. The van der Waals surface area contributed by atoms with Crippen molar-refractivity contribution < 1.29 is 45.8 Å². The summed E-state index contributed by atoms with van der Waals surface area (Å²) in [5.41, 5.74) is 3.19. The summed E-state index contributed by atoms with van der Waals surface area (Å²) in [6.45, 7) is 0. The third-order valence-electron chi connectivity index (χ3n) is 4.57. The minimum absolute atomic E-state index is 0.0412. The number of nitrogens with zero attached hydrogens (tertiary/aromatic N) is 1. The average Bonchev–Trinajstić information content (AvgIpc) is 3.13. The van der Waals surface area contributed by atoms with Gasteiger partial charge in [-0.15, -0.1) is 0 Å². The first kappa shape index (κ1) is 25.1. The van der Waals surface area contributed by atoms with Crippen molar-refractivity contribution in [3.8, 4) is 17.2 Å². The van der Waals surface area contributed by atoms with Crippen molar-refractivity contribution in [3.05, 3.63) is 69.5 Å². The number of hydrogen-bond acceptors (Lipinski definition) is 5. The number of alkyl halides is 3. The van der Waals surface area contributed by atoms with Gasteiger partial charge in [0.1, 0.15) is 23.2 Å². The molecule has 0 aliphatic rings. The molecule has 34 heavy (non-hydrogen) atoms. The van der Waals surface area contributed by atoms with Gasteiger partial charge in [-0.05, 0) is 52.3 Å². The van der Waals surface area contributed by atoms with Crippen LogP contribution in [-0.4, -0.2) is 22.0 Å². The van der Waals surface area contributed by atoms with Gasteiger partial charge in [0.05, 0.1) is 5.56 Å². The molecule has 0 aliphatic carbocycles. The van der Waals surface area contributed by atoms with Gasteiger partial charge in [0, 0.05) is 18.4 Å². The van der Waals surface area contributed by atoms with E-state index in [-0.39, 0.29) is 28.2 Å². The molecule has 0 saturated carbocycles. The number of aliphatic carboxylic acids is 1.